The highest BCUT2D eigenvalue weighted by Gasteiger charge is 2.32. The minimum absolute atomic E-state index is 0.0897. The van der Waals surface area contributed by atoms with Gasteiger partial charge in [0.05, 0.1) is 10.0 Å². The first-order chi connectivity index (χ1) is 18.4. The van der Waals surface area contributed by atoms with E-state index in [1.807, 2.05) is 30.3 Å². The van der Waals surface area contributed by atoms with Crippen LogP contribution in [0.5, 0.6) is 5.75 Å². The number of benzene rings is 3. The summed E-state index contributed by atoms with van der Waals surface area (Å²) in [5.41, 5.74) is 1.67. The Labute approximate surface area is 232 Å². The Morgan fingerprint density at radius 2 is 1.63 bits per heavy atom. The molecular weight excluding hydrogens is 526 g/mol. The quantitative estimate of drug-likeness (QED) is 0.306. The van der Waals surface area contributed by atoms with Crippen molar-refractivity contribution < 1.29 is 18.7 Å². The van der Waals surface area contributed by atoms with Gasteiger partial charge in [0.1, 0.15) is 17.6 Å². The number of carbonyl (C=O) groups excluding carboxylic acids is 2. The smallest absolute Gasteiger partial charge is 0.261 e. The zero-order chi connectivity index (χ0) is 26.9. The summed E-state index contributed by atoms with van der Waals surface area (Å²) in [6.07, 6.45) is 5.51. The molecule has 1 fully saturated rings. The summed E-state index contributed by atoms with van der Waals surface area (Å²) in [5.74, 6) is -0.608. The molecule has 3 aromatic rings. The van der Waals surface area contributed by atoms with Crippen molar-refractivity contribution in [3.8, 4) is 5.75 Å². The standard InChI is InChI=1S/C30H31Cl2FN2O3/c31-26-16-11-22(17-27(26)32)19-35(29(36)20-38-25-14-12-23(33)13-15-25)28(18-21-7-3-1-4-8-21)30(37)34-24-9-5-2-6-10-24/h1,3-4,7-8,11-17,24,28H,2,5-6,9-10,18-20H2,(H,34,37)/t28-/m1/s1. The molecule has 38 heavy (non-hydrogen) atoms. The van der Waals surface area contributed by atoms with Crippen molar-refractivity contribution in [1.29, 1.82) is 0 Å². The summed E-state index contributed by atoms with van der Waals surface area (Å²) in [5, 5.41) is 3.97. The highest BCUT2D eigenvalue weighted by atomic mass is 35.5. The van der Waals surface area contributed by atoms with Crippen LogP contribution in [0.25, 0.3) is 0 Å². The van der Waals surface area contributed by atoms with Gasteiger partial charge in [-0.1, -0.05) is 78.9 Å². The van der Waals surface area contributed by atoms with Crippen LogP contribution in [0.3, 0.4) is 0 Å². The Morgan fingerprint density at radius 3 is 2.32 bits per heavy atom. The molecule has 0 heterocycles. The lowest BCUT2D eigenvalue weighted by molar-refractivity contribution is -0.143. The van der Waals surface area contributed by atoms with Crippen LogP contribution in [0.2, 0.25) is 10.0 Å². The van der Waals surface area contributed by atoms with Crippen LogP contribution in [0, 0.1) is 5.82 Å². The van der Waals surface area contributed by atoms with E-state index in [1.54, 1.807) is 18.2 Å². The van der Waals surface area contributed by atoms with E-state index < -0.39 is 11.9 Å². The summed E-state index contributed by atoms with van der Waals surface area (Å²) in [7, 11) is 0. The van der Waals surface area contributed by atoms with Gasteiger partial charge >= 0.3 is 0 Å². The van der Waals surface area contributed by atoms with Gasteiger partial charge in [-0.05, 0) is 60.4 Å². The van der Waals surface area contributed by atoms with Crippen LogP contribution in [0.4, 0.5) is 4.39 Å². The third kappa shape index (κ3) is 7.95. The topological polar surface area (TPSA) is 58.6 Å². The van der Waals surface area contributed by atoms with E-state index in [2.05, 4.69) is 5.32 Å². The molecule has 0 saturated heterocycles. The lowest BCUT2D eigenvalue weighted by atomic mass is 9.94. The van der Waals surface area contributed by atoms with Gasteiger partial charge in [-0.3, -0.25) is 9.59 Å². The lowest BCUT2D eigenvalue weighted by Gasteiger charge is -2.33. The third-order valence-electron chi connectivity index (χ3n) is 6.74. The van der Waals surface area contributed by atoms with Crippen molar-refractivity contribution in [3.63, 3.8) is 0 Å². The normalized spacial score (nSPS) is 14.5. The van der Waals surface area contributed by atoms with Gasteiger partial charge in [-0.2, -0.15) is 0 Å². The molecule has 1 atom stereocenters. The molecule has 5 nitrogen and oxygen atoms in total. The largest absolute Gasteiger partial charge is 0.484 e. The number of ether oxygens (including phenoxy) is 1. The number of hydrogen-bond acceptors (Lipinski definition) is 3. The van der Waals surface area contributed by atoms with Gasteiger partial charge in [-0.25, -0.2) is 4.39 Å². The maximum atomic E-state index is 13.8. The molecule has 8 heteroatoms. The maximum Gasteiger partial charge on any atom is 0.261 e. The number of rotatable bonds is 10. The van der Waals surface area contributed by atoms with Gasteiger partial charge in [0, 0.05) is 19.0 Å². The second kappa shape index (κ2) is 13.6. The van der Waals surface area contributed by atoms with E-state index in [4.69, 9.17) is 27.9 Å². The fourth-order valence-electron chi connectivity index (χ4n) is 4.69. The van der Waals surface area contributed by atoms with Crippen molar-refractivity contribution in [2.75, 3.05) is 6.61 Å². The van der Waals surface area contributed by atoms with Crippen LogP contribution in [-0.4, -0.2) is 35.4 Å². The average molecular weight is 557 g/mol. The predicted octanol–water partition coefficient (Wildman–Crippen LogP) is 6.60. The fourth-order valence-corrected chi connectivity index (χ4v) is 5.01. The first-order valence-electron chi connectivity index (χ1n) is 12.8. The average Bonchev–Trinajstić information content (AvgIpc) is 2.93. The van der Waals surface area contributed by atoms with Crippen LogP contribution in [-0.2, 0) is 22.6 Å². The van der Waals surface area contributed by atoms with Gasteiger partial charge in [-0.15, -0.1) is 0 Å². The summed E-state index contributed by atoms with van der Waals surface area (Å²) >= 11 is 12.4. The minimum atomic E-state index is -0.780. The van der Waals surface area contributed by atoms with E-state index in [9.17, 15) is 14.0 Å². The summed E-state index contributed by atoms with van der Waals surface area (Å²) < 4.78 is 19.0. The Bertz CT molecular complexity index is 1220. The summed E-state index contributed by atoms with van der Waals surface area (Å²) in [6, 6.07) is 19.5. The van der Waals surface area contributed by atoms with Gasteiger partial charge in [0.25, 0.3) is 5.91 Å². The third-order valence-corrected chi connectivity index (χ3v) is 7.47. The lowest BCUT2D eigenvalue weighted by Crippen LogP contribution is -2.53. The molecule has 0 aliphatic heterocycles. The Morgan fingerprint density at radius 1 is 0.921 bits per heavy atom. The first-order valence-corrected chi connectivity index (χ1v) is 13.6. The molecular formula is C30H31Cl2FN2O3. The molecule has 1 aliphatic rings. The van der Waals surface area contributed by atoms with E-state index in [0.717, 1.165) is 36.8 Å². The molecule has 0 spiro atoms. The minimum Gasteiger partial charge on any atom is -0.484 e. The Balaban J connectivity index is 1.62. The molecule has 0 aromatic heterocycles. The number of halogens is 3. The fraction of sp³-hybridized carbons (Fsp3) is 0.333. The van der Waals surface area contributed by atoms with E-state index in [-0.39, 0.29) is 31.0 Å². The predicted molar refractivity (Wildman–Crippen MR) is 148 cm³/mol. The van der Waals surface area contributed by atoms with Gasteiger partial charge < -0.3 is 15.0 Å². The second-order valence-electron chi connectivity index (χ2n) is 9.56. The molecule has 2 amide bonds. The van der Waals surface area contributed by atoms with Gasteiger partial charge in [0.15, 0.2) is 6.61 Å². The zero-order valence-electron chi connectivity index (χ0n) is 21.0. The molecule has 3 aromatic carbocycles. The number of nitrogens with zero attached hydrogens (tertiary/aromatic N) is 1. The van der Waals surface area contributed by atoms with Crippen molar-refractivity contribution in [2.24, 2.45) is 0 Å². The zero-order valence-corrected chi connectivity index (χ0v) is 22.6. The van der Waals surface area contributed by atoms with E-state index >= 15 is 0 Å². The van der Waals surface area contributed by atoms with Crippen LogP contribution in [0.1, 0.15) is 43.2 Å². The molecule has 1 N–H and O–H groups in total. The highest BCUT2D eigenvalue weighted by molar-refractivity contribution is 6.42. The summed E-state index contributed by atoms with van der Waals surface area (Å²) in [6.45, 7) is -0.174. The molecule has 1 saturated carbocycles. The van der Waals surface area contributed by atoms with Gasteiger partial charge in [0.2, 0.25) is 5.91 Å². The Kier molecular flexibility index (Phi) is 10.0. The van der Waals surface area contributed by atoms with Crippen molar-refractivity contribution in [2.45, 2.75) is 57.2 Å². The second-order valence-corrected chi connectivity index (χ2v) is 10.4. The van der Waals surface area contributed by atoms with Crippen molar-refractivity contribution >= 4 is 35.0 Å². The van der Waals surface area contributed by atoms with E-state index in [0.29, 0.717) is 22.2 Å². The van der Waals surface area contributed by atoms with Crippen molar-refractivity contribution in [1.82, 2.24) is 10.2 Å². The first kappa shape index (κ1) is 27.9. The van der Waals surface area contributed by atoms with Crippen LogP contribution >= 0.6 is 23.2 Å². The monoisotopic (exact) mass is 556 g/mol. The number of hydrogen-bond donors (Lipinski definition) is 1. The number of nitrogens with one attached hydrogen (secondary N) is 1. The van der Waals surface area contributed by atoms with E-state index in [1.165, 1.54) is 35.6 Å². The maximum absolute atomic E-state index is 13.8. The number of amides is 2. The molecule has 1 aliphatic carbocycles. The highest BCUT2D eigenvalue weighted by Crippen LogP contribution is 2.25. The Hall–Kier alpha value is -3.09. The van der Waals surface area contributed by atoms with Crippen molar-refractivity contribution in [3.05, 3.63) is 99.8 Å². The molecule has 0 unspecified atom stereocenters. The van der Waals surface area contributed by atoms with Crippen LogP contribution < -0.4 is 10.1 Å². The molecule has 200 valence electrons. The van der Waals surface area contributed by atoms with Crippen LogP contribution in [0.15, 0.2) is 72.8 Å². The number of carbonyl (C=O) groups is 2. The molecule has 0 radical (unpaired) electrons. The molecule has 0 bridgehead atoms. The summed E-state index contributed by atoms with van der Waals surface area (Å²) in [4.78, 5) is 28.9. The molecule has 4 rings (SSSR count). The SMILES string of the molecule is O=C(NC1CCCCC1)[C@@H](Cc1ccccc1)N(Cc1ccc(Cl)c(Cl)c1)C(=O)COc1ccc(F)cc1.